The molecule has 2 atom stereocenters. The molecular formula is C13H15BrF3NO2. The fourth-order valence-corrected chi connectivity index (χ4v) is 2.64. The molecule has 1 aromatic rings. The van der Waals surface area contributed by atoms with Crippen LogP contribution in [0.2, 0.25) is 0 Å². The predicted molar refractivity (Wildman–Crippen MR) is 72.7 cm³/mol. The molecule has 1 aliphatic carbocycles. The molecule has 3 nitrogen and oxygen atoms in total. The van der Waals surface area contributed by atoms with E-state index in [1.165, 1.54) is 12.1 Å². The van der Waals surface area contributed by atoms with Gasteiger partial charge in [0.05, 0.1) is 17.8 Å². The van der Waals surface area contributed by atoms with Crippen LogP contribution in [0.25, 0.3) is 0 Å². The molecule has 0 amide bonds. The number of aliphatic hydroxyl groups excluding tert-OH is 1. The van der Waals surface area contributed by atoms with E-state index in [0.29, 0.717) is 10.9 Å². The molecule has 0 aromatic heterocycles. The zero-order valence-corrected chi connectivity index (χ0v) is 12.2. The molecule has 7 heteroatoms. The Labute approximate surface area is 123 Å². The van der Waals surface area contributed by atoms with Crippen molar-refractivity contribution in [3.63, 3.8) is 0 Å². The van der Waals surface area contributed by atoms with Gasteiger partial charge in [-0.25, -0.2) is 0 Å². The van der Waals surface area contributed by atoms with Crippen molar-refractivity contribution in [1.82, 2.24) is 0 Å². The van der Waals surface area contributed by atoms with Crippen LogP contribution in [-0.4, -0.2) is 23.6 Å². The van der Waals surface area contributed by atoms with Crippen LogP contribution < -0.4 is 10.1 Å². The van der Waals surface area contributed by atoms with Gasteiger partial charge in [-0.15, -0.1) is 13.2 Å². The lowest BCUT2D eigenvalue weighted by atomic mass is 9.92. The van der Waals surface area contributed by atoms with Crippen molar-refractivity contribution in [2.45, 2.75) is 44.2 Å². The maximum atomic E-state index is 12.4. The Balaban J connectivity index is 2.17. The van der Waals surface area contributed by atoms with E-state index in [2.05, 4.69) is 26.0 Å². The second-order valence-electron chi connectivity index (χ2n) is 4.79. The number of aliphatic hydroxyl groups is 1. The van der Waals surface area contributed by atoms with Crippen molar-refractivity contribution in [3.8, 4) is 5.75 Å². The lowest BCUT2D eigenvalue weighted by Gasteiger charge is -2.30. The average Bonchev–Trinajstić information content (AvgIpc) is 2.33. The van der Waals surface area contributed by atoms with Gasteiger partial charge in [-0.2, -0.15) is 0 Å². The Kier molecular flexibility index (Phi) is 4.80. The molecule has 0 spiro atoms. The molecule has 0 heterocycles. The van der Waals surface area contributed by atoms with Crippen LogP contribution >= 0.6 is 15.9 Å². The van der Waals surface area contributed by atoms with Gasteiger partial charge in [-0.1, -0.05) is 28.8 Å². The fourth-order valence-electron chi connectivity index (χ4n) is 2.30. The van der Waals surface area contributed by atoms with Crippen LogP contribution in [0, 0.1) is 0 Å². The summed E-state index contributed by atoms with van der Waals surface area (Å²) >= 11 is 3.12. The second kappa shape index (κ2) is 6.22. The van der Waals surface area contributed by atoms with Crippen molar-refractivity contribution in [1.29, 1.82) is 0 Å². The fraction of sp³-hybridized carbons (Fsp3) is 0.538. The van der Waals surface area contributed by atoms with Crippen molar-refractivity contribution in [3.05, 3.63) is 22.7 Å². The second-order valence-corrected chi connectivity index (χ2v) is 5.71. The van der Waals surface area contributed by atoms with Gasteiger partial charge in [0.25, 0.3) is 0 Å². The maximum absolute atomic E-state index is 12.4. The Morgan fingerprint density at radius 3 is 2.60 bits per heavy atom. The number of hydrogen-bond acceptors (Lipinski definition) is 3. The number of nitrogens with one attached hydrogen (secondary N) is 1. The normalized spacial score (nSPS) is 23.4. The minimum absolute atomic E-state index is 0.233. The summed E-state index contributed by atoms with van der Waals surface area (Å²) in [4.78, 5) is 0. The summed E-state index contributed by atoms with van der Waals surface area (Å²) in [5.41, 5.74) is 0.233. The molecule has 112 valence electrons. The molecule has 0 radical (unpaired) electrons. The number of halogens is 4. The molecule has 0 unspecified atom stereocenters. The minimum atomic E-state index is -4.75. The number of benzene rings is 1. The number of anilines is 1. The topological polar surface area (TPSA) is 41.5 Å². The molecule has 1 saturated carbocycles. The minimum Gasteiger partial charge on any atom is -0.404 e. The summed E-state index contributed by atoms with van der Waals surface area (Å²) in [6.07, 6.45) is -2.03. The van der Waals surface area contributed by atoms with E-state index in [9.17, 15) is 18.3 Å². The molecular weight excluding hydrogens is 339 g/mol. The Bertz CT molecular complexity index is 467. The van der Waals surface area contributed by atoms with Crippen molar-refractivity contribution in [2.24, 2.45) is 0 Å². The quantitative estimate of drug-likeness (QED) is 0.860. The van der Waals surface area contributed by atoms with Gasteiger partial charge in [-0.05, 0) is 31.0 Å². The van der Waals surface area contributed by atoms with E-state index < -0.39 is 12.5 Å². The molecule has 20 heavy (non-hydrogen) atoms. The van der Waals surface area contributed by atoms with E-state index in [1.807, 2.05) is 0 Å². The van der Waals surface area contributed by atoms with E-state index in [0.717, 1.165) is 19.3 Å². The average molecular weight is 354 g/mol. The first-order valence-corrected chi connectivity index (χ1v) is 7.14. The summed E-state index contributed by atoms with van der Waals surface area (Å²) in [5, 5.41) is 12.8. The van der Waals surface area contributed by atoms with E-state index in [4.69, 9.17) is 0 Å². The molecule has 0 saturated heterocycles. The highest BCUT2D eigenvalue weighted by molar-refractivity contribution is 9.10. The highest BCUT2D eigenvalue weighted by Crippen LogP contribution is 2.34. The van der Waals surface area contributed by atoms with Crippen molar-refractivity contribution < 1.29 is 23.0 Å². The van der Waals surface area contributed by atoms with Crippen LogP contribution in [-0.2, 0) is 0 Å². The maximum Gasteiger partial charge on any atom is 0.573 e. The van der Waals surface area contributed by atoms with Gasteiger partial charge in [0.15, 0.2) is 5.75 Å². The first-order chi connectivity index (χ1) is 9.35. The number of alkyl halides is 3. The lowest BCUT2D eigenvalue weighted by Crippen LogP contribution is -2.36. The molecule has 0 bridgehead atoms. The third-order valence-corrected chi connectivity index (χ3v) is 3.73. The van der Waals surface area contributed by atoms with Crippen LogP contribution in [0.15, 0.2) is 22.7 Å². The Hall–Kier alpha value is -0.950. The molecule has 2 rings (SSSR count). The highest BCUT2D eigenvalue weighted by atomic mass is 79.9. The van der Waals surface area contributed by atoms with Crippen LogP contribution in [0.1, 0.15) is 25.7 Å². The van der Waals surface area contributed by atoms with Gasteiger partial charge in [-0.3, -0.25) is 0 Å². The zero-order valence-electron chi connectivity index (χ0n) is 10.6. The van der Waals surface area contributed by atoms with Crippen molar-refractivity contribution in [2.75, 3.05) is 5.32 Å². The Morgan fingerprint density at radius 2 is 1.95 bits per heavy atom. The molecule has 1 aromatic carbocycles. The van der Waals surface area contributed by atoms with Gasteiger partial charge in [0, 0.05) is 4.47 Å². The molecule has 1 aliphatic rings. The highest BCUT2D eigenvalue weighted by Gasteiger charge is 2.33. The van der Waals surface area contributed by atoms with E-state index >= 15 is 0 Å². The standard InChI is InChI=1S/C13H15BrF3NO2/c14-8-5-6-10(12(7-8)20-13(15,16)17)18-9-3-1-2-4-11(9)19/h5-7,9,11,18-19H,1-4H2/t9-,11-/m0/s1. The third kappa shape index (κ3) is 4.28. The lowest BCUT2D eigenvalue weighted by molar-refractivity contribution is -0.274. The summed E-state index contributed by atoms with van der Waals surface area (Å²) in [6.45, 7) is 0. The molecule has 0 aliphatic heterocycles. The van der Waals surface area contributed by atoms with E-state index in [-0.39, 0.29) is 17.5 Å². The first-order valence-electron chi connectivity index (χ1n) is 6.35. The monoisotopic (exact) mass is 353 g/mol. The SMILES string of the molecule is O[C@H]1CCCC[C@@H]1Nc1ccc(Br)cc1OC(F)(F)F. The van der Waals surface area contributed by atoms with Gasteiger partial charge >= 0.3 is 6.36 Å². The third-order valence-electron chi connectivity index (χ3n) is 3.24. The predicted octanol–water partition coefficient (Wildman–Crippen LogP) is 4.06. The summed E-state index contributed by atoms with van der Waals surface area (Å²) < 4.78 is 41.7. The molecule has 2 N–H and O–H groups in total. The number of hydrogen-bond donors (Lipinski definition) is 2. The van der Waals surface area contributed by atoms with Gasteiger partial charge in [0.1, 0.15) is 0 Å². The van der Waals surface area contributed by atoms with Crippen LogP contribution in [0.5, 0.6) is 5.75 Å². The van der Waals surface area contributed by atoms with Gasteiger partial charge < -0.3 is 15.2 Å². The summed E-state index contributed by atoms with van der Waals surface area (Å²) in [5.74, 6) is -0.301. The first kappa shape index (κ1) is 15.4. The zero-order chi connectivity index (χ0) is 14.8. The molecule has 1 fully saturated rings. The van der Waals surface area contributed by atoms with Crippen molar-refractivity contribution >= 4 is 21.6 Å². The summed E-state index contributed by atoms with van der Waals surface area (Å²) in [6, 6.07) is 4.14. The van der Waals surface area contributed by atoms with Crippen LogP contribution in [0.4, 0.5) is 18.9 Å². The number of ether oxygens (including phenoxy) is 1. The largest absolute Gasteiger partial charge is 0.573 e. The smallest absolute Gasteiger partial charge is 0.404 e. The Morgan fingerprint density at radius 1 is 1.25 bits per heavy atom. The van der Waals surface area contributed by atoms with Gasteiger partial charge in [0.2, 0.25) is 0 Å². The summed E-state index contributed by atoms with van der Waals surface area (Å²) in [7, 11) is 0. The number of rotatable bonds is 3. The van der Waals surface area contributed by atoms with Crippen LogP contribution in [0.3, 0.4) is 0 Å². The van der Waals surface area contributed by atoms with E-state index in [1.54, 1.807) is 6.07 Å².